The number of hydrogen-bond donors (Lipinski definition) is 0. The van der Waals surface area contributed by atoms with Gasteiger partial charge in [0.25, 0.3) is 0 Å². The first-order chi connectivity index (χ1) is 11.8. The van der Waals surface area contributed by atoms with Crippen LogP contribution in [0.25, 0.3) is 6.08 Å². The molecule has 3 heteroatoms. The van der Waals surface area contributed by atoms with Crippen LogP contribution in [0.5, 0.6) is 0 Å². The summed E-state index contributed by atoms with van der Waals surface area (Å²) in [5, 5.41) is 0. The van der Waals surface area contributed by atoms with E-state index in [9.17, 15) is 9.59 Å². The molecule has 3 rings (SSSR count). The van der Waals surface area contributed by atoms with E-state index in [-0.39, 0.29) is 11.8 Å². The minimum Gasteiger partial charge on any atom is -0.457 e. The van der Waals surface area contributed by atoms with E-state index in [1.165, 1.54) is 6.08 Å². The van der Waals surface area contributed by atoms with E-state index in [2.05, 4.69) is 0 Å². The standard InChI is InChI=1S/C22H22O3/c1-22(2,3)25-20(23)13-9-15-8-12-19-17(14-15)11-10-16-6-4-5-7-18(16)21(19)24/h4-9,12-14H,10-11H2,1-3H3. The minimum absolute atomic E-state index is 0.0748. The molecule has 0 radical (unpaired) electrons. The van der Waals surface area contributed by atoms with Crippen LogP contribution in [-0.4, -0.2) is 17.4 Å². The maximum absolute atomic E-state index is 12.8. The second-order valence-corrected chi connectivity index (χ2v) is 7.27. The normalized spacial score (nSPS) is 14.0. The Kier molecular flexibility index (Phi) is 4.58. The van der Waals surface area contributed by atoms with Crippen molar-refractivity contribution in [1.29, 1.82) is 0 Å². The number of fused-ring (bicyclic) bond motifs is 2. The summed E-state index contributed by atoms with van der Waals surface area (Å²) in [6.45, 7) is 5.51. The molecule has 0 heterocycles. The summed E-state index contributed by atoms with van der Waals surface area (Å²) in [5.41, 5.74) is 4.04. The largest absolute Gasteiger partial charge is 0.457 e. The van der Waals surface area contributed by atoms with Gasteiger partial charge in [-0.05, 0) is 56.4 Å². The molecule has 0 saturated carbocycles. The number of hydrogen-bond acceptors (Lipinski definition) is 3. The van der Waals surface area contributed by atoms with Gasteiger partial charge in [-0.3, -0.25) is 4.79 Å². The lowest BCUT2D eigenvalue weighted by Gasteiger charge is -2.17. The Balaban J connectivity index is 1.84. The van der Waals surface area contributed by atoms with E-state index in [4.69, 9.17) is 4.74 Å². The average Bonchev–Trinajstić information content (AvgIpc) is 2.69. The first kappa shape index (κ1) is 17.2. The third-order valence-electron chi connectivity index (χ3n) is 4.12. The number of aryl methyl sites for hydroxylation is 2. The summed E-state index contributed by atoms with van der Waals surface area (Å²) < 4.78 is 5.27. The van der Waals surface area contributed by atoms with Crippen LogP contribution in [0.3, 0.4) is 0 Å². The fourth-order valence-electron chi connectivity index (χ4n) is 3.02. The quantitative estimate of drug-likeness (QED) is 0.605. The van der Waals surface area contributed by atoms with Crippen LogP contribution in [0.1, 0.15) is 53.4 Å². The van der Waals surface area contributed by atoms with E-state index >= 15 is 0 Å². The number of ether oxygens (including phenoxy) is 1. The minimum atomic E-state index is -0.507. The SMILES string of the molecule is CC(C)(C)OC(=O)C=Cc1ccc2c(c1)CCc1ccccc1C2=O. The predicted octanol–water partition coefficient (Wildman–Crippen LogP) is 4.37. The van der Waals surface area contributed by atoms with Gasteiger partial charge in [-0.2, -0.15) is 0 Å². The van der Waals surface area contributed by atoms with Gasteiger partial charge < -0.3 is 4.74 Å². The molecule has 25 heavy (non-hydrogen) atoms. The molecule has 0 unspecified atom stereocenters. The molecular formula is C22H22O3. The highest BCUT2D eigenvalue weighted by atomic mass is 16.6. The molecule has 0 amide bonds. The van der Waals surface area contributed by atoms with E-state index in [1.54, 1.807) is 6.08 Å². The Morgan fingerprint density at radius 3 is 2.44 bits per heavy atom. The van der Waals surface area contributed by atoms with E-state index < -0.39 is 5.60 Å². The molecule has 0 bridgehead atoms. The van der Waals surface area contributed by atoms with Crippen LogP contribution in [-0.2, 0) is 22.4 Å². The Morgan fingerprint density at radius 2 is 1.68 bits per heavy atom. The molecule has 2 aromatic rings. The number of carbonyl (C=O) groups excluding carboxylic acids is 2. The van der Waals surface area contributed by atoms with Crippen molar-refractivity contribution in [1.82, 2.24) is 0 Å². The first-order valence-corrected chi connectivity index (χ1v) is 8.50. The average molecular weight is 334 g/mol. The number of benzene rings is 2. The fraction of sp³-hybridized carbons (Fsp3) is 0.273. The molecule has 0 fully saturated rings. The van der Waals surface area contributed by atoms with Crippen LogP contribution in [0, 0.1) is 0 Å². The van der Waals surface area contributed by atoms with Crippen molar-refractivity contribution in [3.05, 3.63) is 76.4 Å². The summed E-state index contributed by atoms with van der Waals surface area (Å²) in [4.78, 5) is 24.6. The van der Waals surface area contributed by atoms with Gasteiger partial charge in [0.05, 0.1) is 0 Å². The van der Waals surface area contributed by atoms with Crippen molar-refractivity contribution in [2.45, 2.75) is 39.2 Å². The second kappa shape index (κ2) is 6.67. The molecule has 0 aromatic heterocycles. The summed E-state index contributed by atoms with van der Waals surface area (Å²) in [6, 6.07) is 13.5. The van der Waals surface area contributed by atoms with Crippen LogP contribution < -0.4 is 0 Å². The second-order valence-electron chi connectivity index (χ2n) is 7.27. The third-order valence-corrected chi connectivity index (χ3v) is 4.12. The summed E-state index contributed by atoms with van der Waals surface area (Å²) in [6.07, 6.45) is 4.82. The van der Waals surface area contributed by atoms with Gasteiger partial charge in [0.2, 0.25) is 0 Å². The lowest BCUT2D eigenvalue weighted by atomic mass is 9.97. The van der Waals surface area contributed by atoms with Crippen LogP contribution in [0.2, 0.25) is 0 Å². The van der Waals surface area contributed by atoms with Crippen LogP contribution in [0.15, 0.2) is 48.5 Å². The van der Waals surface area contributed by atoms with Crippen molar-refractivity contribution >= 4 is 17.8 Å². The monoisotopic (exact) mass is 334 g/mol. The Morgan fingerprint density at radius 1 is 1.00 bits per heavy atom. The molecular weight excluding hydrogens is 312 g/mol. The molecule has 0 saturated heterocycles. The third kappa shape index (κ3) is 4.05. The van der Waals surface area contributed by atoms with Crippen molar-refractivity contribution in [3.8, 4) is 0 Å². The zero-order valence-electron chi connectivity index (χ0n) is 14.8. The molecule has 0 atom stereocenters. The fourth-order valence-corrected chi connectivity index (χ4v) is 3.02. The van der Waals surface area contributed by atoms with Gasteiger partial charge in [-0.25, -0.2) is 4.79 Å². The van der Waals surface area contributed by atoms with Gasteiger partial charge in [-0.1, -0.05) is 42.5 Å². The van der Waals surface area contributed by atoms with Gasteiger partial charge in [-0.15, -0.1) is 0 Å². The number of ketones is 1. The molecule has 0 spiro atoms. The highest BCUT2D eigenvalue weighted by molar-refractivity contribution is 6.11. The molecule has 2 aromatic carbocycles. The molecule has 0 N–H and O–H groups in total. The van der Waals surface area contributed by atoms with Gasteiger partial charge in [0.1, 0.15) is 5.60 Å². The maximum atomic E-state index is 12.8. The van der Waals surface area contributed by atoms with Crippen LogP contribution in [0.4, 0.5) is 0 Å². The molecule has 1 aliphatic carbocycles. The number of carbonyl (C=O) groups is 2. The zero-order chi connectivity index (χ0) is 18.0. The molecule has 3 nitrogen and oxygen atoms in total. The van der Waals surface area contributed by atoms with E-state index in [1.807, 2.05) is 63.2 Å². The first-order valence-electron chi connectivity index (χ1n) is 8.50. The van der Waals surface area contributed by atoms with Crippen molar-refractivity contribution in [2.75, 3.05) is 0 Å². The predicted molar refractivity (Wildman–Crippen MR) is 98.6 cm³/mol. The molecule has 128 valence electrons. The van der Waals surface area contributed by atoms with E-state index in [0.717, 1.165) is 40.7 Å². The van der Waals surface area contributed by atoms with Crippen molar-refractivity contribution < 1.29 is 14.3 Å². The van der Waals surface area contributed by atoms with E-state index in [0.29, 0.717) is 0 Å². The summed E-state index contributed by atoms with van der Waals surface area (Å²) in [7, 11) is 0. The van der Waals surface area contributed by atoms with Crippen LogP contribution >= 0.6 is 0 Å². The zero-order valence-corrected chi connectivity index (χ0v) is 14.8. The van der Waals surface area contributed by atoms with Crippen molar-refractivity contribution in [2.24, 2.45) is 0 Å². The molecule has 1 aliphatic rings. The van der Waals surface area contributed by atoms with Gasteiger partial charge in [0.15, 0.2) is 5.78 Å². The lowest BCUT2D eigenvalue weighted by molar-refractivity contribution is -0.148. The number of esters is 1. The number of rotatable bonds is 2. The Hall–Kier alpha value is -2.68. The highest BCUT2D eigenvalue weighted by Crippen LogP contribution is 2.25. The maximum Gasteiger partial charge on any atom is 0.331 e. The highest BCUT2D eigenvalue weighted by Gasteiger charge is 2.20. The van der Waals surface area contributed by atoms with Crippen molar-refractivity contribution in [3.63, 3.8) is 0 Å². The molecule has 0 aliphatic heterocycles. The lowest BCUT2D eigenvalue weighted by Crippen LogP contribution is -2.22. The summed E-state index contributed by atoms with van der Waals surface area (Å²) in [5.74, 6) is -0.295. The van der Waals surface area contributed by atoms with Gasteiger partial charge >= 0.3 is 5.97 Å². The smallest absolute Gasteiger partial charge is 0.331 e. The Bertz CT molecular complexity index is 854. The Labute approximate surface area is 148 Å². The van der Waals surface area contributed by atoms with Gasteiger partial charge in [0, 0.05) is 17.2 Å². The topological polar surface area (TPSA) is 43.4 Å². The summed E-state index contributed by atoms with van der Waals surface area (Å²) >= 11 is 0.